The highest BCUT2D eigenvalue weighted by Crippen LogP contribution is 2.49. The van der Waals surface area contributed by atoms with Gasteiger partial charge >= 0.3 is 5.97 Å². The second-order valence-electron chi connectivity index (χ2n) is 10.5. The summed E-state index contributed by atoms with van der Waals surface area (Å²) in [6.07, 6.45) is 4.16. The quantitative estimate of drug-likeness (QED) is 0.453. The molecule has 2 heterocycles. The molecule has 5 rings (SSSR count). The topological polar surface area (TPSA) is 109 Å². The second-order valence-corrected chi connectivity index (χ2v) is 10.5. The molecule has 198 valence electrons. The smallest absolute Gasteiger partial charge is 0.338 e. The number of carbonyl (C=O) groups is 3. The molecule has 9 heteroatoms. The summed E-state index contributed by atoms with van der Waals surface area (Å²) < 4.78 is 12.0. The summed E-state index contributed by atoms with van der Waals surface area (Å²) in [7, 11) is 0. The number of aliphatic imine (C=N–C) groups is 1. The van der Waals surface area contributed by atoms with E-state index in [0.717, 1.165) is 13.1 Å². The first kappa shape index (κ1) is 25.7. The molecule has 2 aromatic rings. The summed E-state index contributed by atoms with van der Waals surface area (Å²) in [6.45, 7) is 11.7. The van der Waals surface area contributed by atoms with Gasteiger partial charge in [-0.1, -0.05) is 19.9 Å². The molecule has 0 bridgehead atoms. The first-order valence-corrected chi connectivity index (χ1v) is 12.8. The van der Waals surface area contributed by atoms with Crippen molar-refractivity contribution in [2.45, 2.75) is 46.3 Å². The van der Waals surface area contributed by atoms with Crippen molar-refractivity contribution in [1.29, 1.82) is 0 Å². The van der Waals surface area contributed by atoms with Crippen molar-refractivity contribution in [1.82, 2.24) is 9.80 Å². The minimum absolute atomic E-state index is 0.0311. The van der Waals surface area contributed by atoms with E-state index in [1.807, 2.05) is 13.8 Å². The van der Waals surface area contributed by atoms with Crippen molar-refractivity contribution in [2.75, 3.05) is 26.2 Å². The number of benzene rings is 2. The lowest BCUT2D eigenvalue weighted by atomic mass is 9.93. The Balaban J connectivity index is 1.64. The zero-order valence-electron chi connectivity index (χ0n) is 22.2. The van der Waals surface area contributed by atoms with Crippen molar-refractivity contribution >= 4 is 40.0 Å². The predicted molar refractivity (Wildman–Crippen MR) is 143 cm³/mol. The lowest BCUT2D eigenvalue weighted by Gasteiger charge is -2.30. The Bertz CT molecular complexity index is 1460. The number of imide groups is 1. The molecule has 0 aromatic heterocycles. The summed E-state index contributed by atoms with van der Waals surface area (Å²) in [4.78, 5) is 48.5. The highest BCUT2D eigenvalue weighted by molar-refractivity contribution is 6.30. The molecule has 1 unspecified atom stereocenters. The van der Waals surface area contributed by atoms with E-state index < -0.39 is 29.5 Å². The van der Waals surface area contributed by atoms with Gasteiger partial charge in [0.15, 0.2) is 11.9 Å². The van der Waals surface area contributed by atoms with E-state index in [4.69, 9.17) is 14.5 Å². The zero-order chi connectivity index (χ0) is 27.4. The van der Waals surface area contributed by atoms with Crippen LogP contribution in [0.1, 0.15) is 55.3 Å². The fraction of sp³-hybridized carbons (Fsp3) is 0.379. The second kappa shape index (κ2) is 9.40. The van der Waals surface area contributed by atoms with Crippen LogP contribution in [-0.4, -0.2) is 76.3 Å². The largest absolute Gasteiger partial charge is 0.508 e. The first-order valence-electron chi connectivity index (χ1n) is 12.8. The molecule has 2 amide bonds. The number of allylic oxidation sites excluding steroid dienone is 2. The molecule has 0 saturated heterocycles. The van der Waals surface area contributed by atoms with Crippen molar-refractivity contribution in [3.8, 4) is 11.5 Å². The van der Waals surface area contributed by atoms with Gasteiger partial charge in [-0.05, 0) is 64.2 Å². The molecule has 38 heavy (non-hydrogen) atoms. The maximum absolute atomic E-state index is 13.7. The minimum atomic E-state index is -0.895. The molecular formula is C29H31N3O6. The van der Waals surface area contributed by atoms with Crippen molar-refractivity contribution in [3.05, 3.63) is 53.1 Å². The summed E-state index contributed by atoms with van der Waals surface area (Å²) >= 11 is 0. The molecule has 0 fully saturated rings. The molecule has 1 aliphatic carbocycles. The number of amides is 2. The Morgan fingerprint density at radius 2 is 1.84 bits per heavy atom. The Morgan fingerprint density at radius 1 is 1.13 bits per heavy atom. The van der Waals surface area contributed by atoms with Crippen molar-refractivity contribution < 1.29 is 29.0 Å². The summed E-state index contributed by atoms with van der Waals surface area (Å²) in [5.74, 6) is -1.35. The van der Waals surface area contributed by atoms with Gasteiger partial charge in [-0.15, -0.1) is 0 Å². The first-order chi connectivity index (χ1) is 18.0. The van der Waals surface area contributed by atoms with E-state index in [2.05, 4.69) is 4.90 Å². The fourth-order valence-electron chi connectivity index (χ4n) is 5.00. The van der Waals surface area contributed by atoms with Crippen LogP contribution in [0.5, 0.6) is 11.5 Å². The maximum Gasteiger partial charge on any atom is 0.338 e. The number of carbonyl (C=O) groups excluding carboxylic acids is 3. The van der Waals surface area contributed by atoms with E-state index in [-0.39, 0.29) is 34.7 Å². The van der Waals surface area contributed by atoms with Crippen LogP contribution in [0.2, 0.25) is 0 Å². The number of rotatable bonds is 6. The van der Waals surface area contributed by atoms with Crippen LogP contribution in [0.25, 0.3) is 10.8 Å². The standard InChI is InChI=1S/C29H31N3O6/c1-6-31(7-2)13-14-32-26(34)21-19-15-16(33)11-12-17(19)23-25(22(21)27(32)35)37-24-18(9-8-10-20(24)30-23)28(36)38-29(3,4)5/h8-12,15,24,33H,6-7,13-14H2,1-5H3. The molecule has 2 aromatic carbocycles. The number of phenols is 1. The van der Waals surface area contributed by atoms with Crippen LogP contribution < -0.4 is 4.74 Å². The SMILES string of the molecule is CCN(CC)CCN1C(=O)c2c3c(c4ccc(O)cc4c2C1=O)N=C1C=CC=C(C(=O)OC(C)(C)C)C1O3. The minimum Gasteiger partial charge on any atom is -0.508 e. The van der Waals surface area contributed by atoms with E-state index >= 15 is 0 Å². The number of likely N-dealkylation sites (N-methyl/N-ethyl adjacent to an activating group) is 1. The Morgan fingerprint density at radius 3 is 2.53 bits per heavy atom. The molecule has 1 atom stereocenters. The monoisotopic (exact) mass is 517 g/mol. The Kier molecular flexibility index (Phi) is 6.35. The van der Waals surface area contributed by atoms with Gasteiger partial charge in [-0.25, -0.2) is 9.79 Å². The third-order valence-electron chi connectivity index (χ3n) is 6.88. The van der Waals surface area contributed by atoms with Crippen LogP contribution in [-0.2, 0) is 9.53 Å². The average Bonchev–Trinajstić information content (AvgIpc) is 3.12. The fourth-order valence-corrected chi connectivity index (χ4v) is 5.00. The number of aromatic hydroxyl groups is 1. The maximum atomic E-state index is 13.7. The van der Waals surface area contributed by atoms with Gasteiger partial charge in [0.1, 0.15) is 17.0 Å². The van der Waals surface area contributed by atoms with Gasteiger partial charge in [0.05, 0.1) is 22.4 Å². The molecule has 3 aliphatic rings. The normalized spacial score (nSPS) is 18.2. The van der Waals surface area contributed by atoms with Gasteiger partial charge in [-0.3, -0.25) is 14.5 Å². The van der Waals surface area contributed by atoms with E-state index in [9.17, 15) is 19.5 Å². The van der Waals surface area contributed by atoms with Gasteiger partial charge in [0, 0.05) is 23.9 Å². The molecule has 1 N–H and O–H groups in total. The zero-order valence-corrected chi connectivity index (χ0v) is 22.2. The molecule has 9 nitrogen and oxygen atoms in total. The molecule has 0 radical (unpaired) electrons. The predicted octanol–water partition coefficient (Wildman–Crippen LogP) is 4.15. The van der Waals surface area contributed by atoms with E-state index in [0.29, 0.717) is 28.7 Å². The summed E-state index contributed by atoms with van der Waals surface area (Å²) in [5.41, 5.74) is 0.671. The van der Waals surface area contributed by atoms with Gasteiger partial charge in [-0.2, -0.15) is 0 Å². The molecule has 0 spiro atoms. The van der Waals surface area contributed by atoms with Crippen molar-refractivity contribution in [2.24, 2.45) is 4.99 Å². The number of hydrogen-bond donors (Lipinski definition) is 1. The lowest BCUT2D eigenvalue weighted by molar-refractivity contribution is -0.150. The lowest BCUT2D eigenvalue weighted by Crippen LogP contribution is -2.39. The van der Waals surface area contributed by atoms with Crippen LogP contribution >= 0.6 is 0 Å². The third-order valence-corrected chi connectivity index (χ3v) is 6.88. The molecular weight excluding hydrogens is 486 g/mol. The van der Waals surface area contributed by atoms with Crippen LogP contribution in [0.3, 0.4) is 0 Å². The number of nitrogens with zero attached hydrogens (tertiary/aromatic N) is 3. The van der Waals surface area contributed by atoms with Gasteiger partial charge in [0.2, 0.25) is 0 Å². The van der Waals surface area contributed by atoms with Crippen LogP contribution in [0.15, 0.2) is 47.0 Å². The number of ether oxygens (including phenoxy) is 2. The van der Waals surface area contributed by atoms with E-state index in [1.54, 1.807) is 45.1 Å². The van der Waals surface area contributed by atoms with Crippen LogP contribution in [0, 0.1) is 0 Å². The number of phenolic OH excluding ortho intramolecular Hbond substituents is 1. The van der Waals surface area contributed by atoms with Crippen molar-refractivity contribution in [3.63, 3.8) is 0 Å². The Hall–Kier alpha value is -3.98. The number of hydrogen-bond acceptors (Lipinski definition) is 8. The van der Waals surface area contributed by atoms with Crippen LogP contribution in [0.4, 0.5) is 5.69 Å². The number of esters is 1. The third kappa shape index (κ3) is 4.26. The highest BCUT2D eigenvalue weighted by Gasteiger charge is 2.44. The average molecular weight is 518 g/mol. The van der Waals surface area contributed by atoms with Gasteiger partial charge in [0.25, 0.3) is 11.8 Å². The highest BCUT2D eigenvalue weighted by atomic mass is 16.6. The Labute approximate surface area is 221 Å². The molecule has 0 saturated carbocycles. The summed E-state index contributed by atoms with van der Waals surface area (Å²) in [6, 6.07) is 4.64. The summed E-state index contributed by atoms with van der Waals surface area (Å²) in [5, 5.41) is 11.2. The van der Waals surface area contributed by atoms with E-state index in [1.165, 1.54) is 17.0 Å². The number of fused-ring (bicyclic) bond motifs is 7. The van der Waals surface area contributed by atoms with Gasteiger partial charge < -0.3 is 19.5 Å². The molecule has 2 aliphatic heterocycles.